The Morgan fingerprint density at radius 3 is 3.29 bits per heavy atom. The van der Waals surface area contributed by atoms with Crippen LogP contribution < -0.4 is 4.74 Å². The fourth-order valence-corrected chi connectivity index (χ4v) is 2.61. The Morgan fingerprint density at radius 2 is 2.36 bits per heavy atom. The molecule has 2 aromatic rings. The maximum atomic E-state index is 5.57. The molecule has 4 heteroatoms. The smallest absolute Gasteiger partial charge is 0.138 e. The summed E-state index contributed by atoms with van der Waals surface area (Å²) < 4.78 is 6.72. The molecule has 0 atom stereocenters. The molecule has 0 N–H and O–H groups in total. The van der Waals surface area contributed by atoms with Crippen LogP contribution in [0, 0.1) is 3.57 Å². The first-order valence-corrected chi connectivity index (χ1v) is 5.48. The molecule has 1 aromatic heterocycles. The number of benzene rings is 1. The van der Waals surface area contributed by atoms with Crippen LogP contribution in [-0.4, -0.2) is 16.6 Å². The van der Waals surface area contributed by atoms with Crippen molar-refractivity contribution in [3.05, 3.63) is 27.7 Å². The molecule has 0 aliphatic carbocycles. The first-order chi connectivity index (χ1) is 6.86. The third-order valence-electron chi connectivity index (χ3n) is 2.40. The van der Waals surface area contributed by atoms with Crippen molar-refractivity contribution in [1.29, 1.82) is 0 Å². The standard InChI is InChI=1S/C10H7IN2O/c11-8-3-6-4-12-5-13-9(6)7-1-2-14-10(7)8/h3-5H,1-2H2. The van der Waals surface area contributed by atoms with E-state index in [0.717, 1.165) is 33.3 Å². The predicted molar refractivity (Wildman–Crippen MR) is 61.5 cm³/mol. The SMILES string of the molecule is Ic1cc2cncnc2c2c1OCC2. The average molecular weight is 298 g/mol. The lowest BCUT2D eigenvalue weighted by molar-refractivity contribution is 0.354. The van der Waals surface area contributed by atoms with Crippen LogP contribution in [0.1, 0.15) is 5.56 Å². The Labute approximate surface area is 94.7 Å². The minimum atomic E-state index is 0.772. The van der Waals surface area contributed by atoms with E-state index in [1.165, 1.54) is 5.56 Å². The summed E-state index contributed by atoms with van der Waals surface area (Å²) in [5, 5.41) is 1.10. The molecule has 0 saturated carbocycles. The number of rotatable bonds is 0. The van der Waals surface area contributed by atoms with Gasteiger partial charge in [-0.25, -0.2) is 9.97 Å². The highest BCUT2D eigenvalue weighted by molar-refractivity contribution is 14.1. The van der Waals surface area contributed by atoms with Crippen LogP contribution in [0.4, 0.5) is 0 Å². The molecule has 1 aromatic carbocycles. The van der Waals surface area contributed by atoms with Crippen LogP contribution in [0.3, 0.4) is 0 Å². The topological polar surface area (TPSA) is 35.0 Å². The van der Waals surface area contributed by atoms with Crippen LogP contribution in [0.25, 0.3) is 10.9 Å². The quantitative estimate of drug-likeness (QED) is 0.699. The Balaban J connectivity index is 2.46. The van der Waals surface area contributed by atoms with Gasteiger partial charge in [-0.3, -0.25) is 0 Å². The number of halogens is 1. The second-order valence-electron chi connectivity index (χ2n) is 3.23. The molecule has 70 valence electrons. The highest BCUT2D eigenvalue weighted by Crippen LogP contribution is 2.35. The maximum Gasteiger partial charge on any atom is 0.138 e. The van der Waals surface area contributed by atoms with Crippen molar-refractivity contribution in [1.82, 2.24) is 9.97 Å². The molecule has 0 fully saturated rings. The van der Waals surface area contributed by atoms with Gasteiger partial charge in [-0.05, 0) is 28.7 Å². The Bertz CT molecular complexity index is 513. The summed E-state index contributed by atoms with van der Waals surface area (Å²) in [6.45, 7) is 0.772. The zero-order chi connectivity index (χ0) is 9.54. The van der Waals surface area contributed by atoms with Gasteiger partial charge in [0.1, 0.15) is 12.1 Å². The van der Waals surface area contributed by atoms with Gasteiger partial charge in [-0.2, -0.15) is 0 Å². The van der Waals surface area contributed by atoms with Gasteiger partial charge in [0, 0.05) is 23.6 Å². The Kier molecular flexibility index (Phi) is 1.83. The number of hydrogen-bond acceptors (Lipinski definition) is 3. The van der Waals surface area contributed by atoms with Gasteiger partial charge < -0.3 is 4.74 Å². The van der Waals surface area contributed by atoms with E-state index < -0.39 is 0 Å². The monoisotopic (exact) mass is 298 g/mol. The van der Waals surface area contributed by atoms with Crippen LogP contribution >= 0.6 is 22.6 Å². The highest BCUT2D eigenvalue weighted by atomic mass is 127. The molecular weight excluding hydrogens is 291 g/mol. The van der Waals surface area contributed by atoms with E-state index in [4.69, 9.17) is 4.74 Å². The van der Waals surface area contributed by atoms with Gasteiger partial charge in [0.25, 0.3) is 0 Å². The van der Waals surface area contributed by atoms with Crippen LogP contribution in [0.5, 0.6) is 5.75 Å². The normalized spacial score (nSPS) is 14.1. The number of aromatic nitrogens is 2. The van der Waals surface area contributed by atoms with Crippen molar-refractivity contribution in [3.8, 4) is 5.75 Å². The zero-order valence-electron chi connectivity index (χ0n) is 7.33. The number of fused-ring (bicyclic) bond motifs is 3. The Hall–Kier alpha value is -0.910. The van der Waals surface area contributed by atoms with Crippen LogP contribution in [0.2, 0.25) is 0 Å². The maximum absolute atomic E-state index is 5.57. The second-order valence-corrected chi connectivity index (χ2v) is 4.39. The largest absolute Gasteiger partial charge is 0.492 e. The lowest BCUT2D eigenvalue weighted by Gasteiger charge is -2.04. The van der Waals surface area contributed by atoms with Gasteiger partial charge >= 0.3 is 0 Å². The van der Waals surface area contributed by atoms with Crippen LogP contribution in [-0.2, 0) is 6.42 Å². The molecule has 3 nitrogen and oxygen atoms in total. The van der Waals surface area contributed by atoms with Crippen molar-refractivity contribution in [3.63, 3.8) is 0 Å². The van der Waals surface area contributed by atoms with Crippen molar-refractivity contribution in [2.45, 2.75) is 6.42 Å². The van der Waals surface area contributed by atoms with E-state index in [-0.39, 0.29) is 0 Å². The molecule has 14 heavy (non-hydrogen) atoms. The average Bonchev–Trinajstić information content (AvgIpc) is 2.67. The molecule has 0 bridgehead atoms. The van der Waals surface area contributed by atoms with E-state index in [1.54, 1.807) is 6.33 Å². The second kappa shape index (κ2) is 3.05. The minimum Gasteiger partial charge on any atom is -0.492 e. The molecule has 0 amide bonds. The van der Waals surface area contributed by atoms with Crippen molar-refractivity contribution >= 4 is 33.5 Å². The van der Waals surface area contributed by atoms with Gasteiger partial charge in [0.05, 0.1) is 15.7 Å². The first kappa shape index (κ1) is 8.40. The van der Waals surface area contributed by atoms with Gasteiger partial charge in [0.15, 0.2) is 0 Å². The molecule has 0 saturated heterocycles. The Morgan fingerprint density at radius 1 is 1.43 bits per heavy atom. The minimum absolute atomic E-state index is 0.772. The third-order valence-corrected chi connectivity index (χ3v) is 3.20. The molecule has 3 rings (SSSR count). The van der Waals surface area contributed by atoms with E-state index in [1.807, 2.05) is 6.20 Å². The van der Waals surface area contributed by atoms with Gasteiger partial charge in [-0.15, -0.1) is 0 Å². The summed E-state index contributed by atoms with van der Waals surface area (Å²) in [7, 11) is 0. The predicted octanol–water partition coefficient (Wildman–Crippen LogP) is 2.17. The molecule has 1 aliphatic heterocycles. The van der Waals surface area contributed by atoms with E-state index in [9.17, 15) is 0 Å². The zero-order valence-corrected chi connectivity index (χ0v) is 9.48. The fourth-order valence-electron chi connectivity index (χ4n) is 1.80. The van der Waals surface area contributed by atoms with E-state index in [0.29, 0.717) is 0 Å². The van der Waals surface area contributed by atoms with Crippen LogP contribution in [0.15, 0.2) is 18.6 Å². The van der Waals surface area contributed by atoms with E-state index >= 15 is 0 Å². The fraction of sp³-hybridized carbons (Fsp3) is 0.200. The van der Waals surface area contributed by atoms with Crippen molar-refractivity contribution < 1.29 is 4.74 Å². The lowest BCUT2D eigenvalue weighted by atomic mass is 10.1. The lowest BCUT2D eigenvalue weighted by Crippen LogP contribution is -1.89. The molecule has 1 aliphatic rings. The number of hydrogen-bond donors (Lipinski definition) is 0. The summed E-state index contributed by atoms with van der Waals surface area (Å²) in [5.74, 6) is 1.01. The molecule has 2 heterocycles. The summed E-state index contributed by atoms with van der Waals surface area (Å²) in [6, 6.07) is 2.07. The number of ether oxygens (including phenoxy) is 1. The highest BCUT2D eigenvalue weighted by Gasteiger charge is 2.19. The summed E-state index contributed by atoms with van der Waals surface area (Å²) in [5.41, 5.74) is 2.27. The molecular formula is C10H7IN2O. The molecule has 0 unspecified atom stereocenters. The third kappa shape index (κ3) is 1.10. The van der Waals surface area contributed by atoms with Gasteiger partial charge in [0.2, 0.25) is 0 Å². The molecule has 0 spiro atoms. The summed E-state index contributed by atoms with van der Waals surface area (Å²) >= 11 is 2.29. The van der Waals surface area contributed by atoms with Gasteiger partial charge in [-0.1, -0.05) is 0 Å². The van der Waals surface area contributed by atoms with Crippen molar-refractivity contribution in [2.75, 3.05) is 6.61 Å². The first-order valence-electron chi connectivity index (χ1n) is 4.40. The molecule has 0 radical (unpaired) electrons. The van der Waals surface area contributed by atoms with Crippen molar-refractivity contribution in [2.24, 2.45) is 0 Å². The number of nitrogens with zero attached hydrogens (tertiary/aromatic N) is 2. The van der Waals surface area contributed by atoms with E-state index in [2.05, 4.69) is 38.6 Å². The summed E-state index contributed by atoms with van der Waals surface area (Å²) in [4.78, 5) is 8.32. The summed E-state index contributed by atoms with van der Waals surface area (Å²) in [6.07, 6.45) is 4.40.